The van der Waals surface area contributed by atoms with Gasteiger partial charge in [-0.3, -0.25) is 19.1 Å². The molecule has 0 spiro atoms. The molecule has 0 saturated carbocycles. The summed E-state index contributed by atoms with van der Waals surface area (Å²) in [6.07, 6.45) is 1.16. The number of pyridine rings is 1. The zero-order chi connectivity index (χ0) is 21.3. The van der Waals surface area contributed by atoms with Gasteiger partial charge in [-0.05, 0) is 31.5 Å². The predicted molar refractivity (Wildman–Crippen MR) is 99.0 cm³/mol. The molecule has 148 valence electrons. The Bertz CT molecular complexity index is 1290. The van der Waals surface area contributed by atoms with E-state index in [1.54, 1.807) is 6.07 Å². The maximum atomic E-state index is 14.3. The summed E-state index contributed by atoms with van der Waals surface area (Å²) in [4.78, 5) is 43.2. The number of nitrogens with zero attached hydrogens (tertiary/aromatic N) is 3. The summed E-state index contributed by atoms with van der Waals surface area (Å²) in [6, 6.07) is 4.65. The molecule has 1 aromatic carbocycles. The van der Waals surface area contributed by atoms with Gasteiger partial charge < -0.3 is 10.3 Å². The van der Waals surface area contributed by atoms with Gasteiger partial charge in [-0.15, -0.1) is 0 Å². The van der Waals surface area contributed by atoms with Crippen molar-refractivity contribution in [1.82, 2.24) is 19.9 Å². The molecule has 0 radical (unpaired) electrons. The Morgan fingerprint density at radius 3 is 2.76 bits per heavy atom. The summed E-state index contributed by atoms with van der Waals surface area (Å²) in [7, 11) is 0. The number of aromatic nitrogens is 3. The minimum atomic E-state index is -0.949. The molecule has 0 aliphatic heterocycles. The number of fused-ring (bicyclic) bond motifs is 1. The Labute approximate surface area is 162 Å². The topological polar surface area (TPSA) is 121 Å². The van der Waals surface area contributed by atoms with Crippen LogP contribution in [-0.2, 0) is 11.3 Å². The van der Waals surface area contributed by atoms with Crippen molar-refractivity contribution in [1.29, 1.82) is 5.26 Å². The van der Waals surface area contributed by atoms with Crippen molar-refractivity contribution in [3.8, 4) is 6.07 Å². The number of hydrogen-bond donors (Lipinski definition) is 2. The van der Waals surface area contributed by atoms with E-state index in [1.165, 1.54) is 26.0 Å². The molecule has 1 amide bonds. The van der Waals surface area contributed by atoms with Crippen LogP contribution in [-0.4, -0.2) is 20.4 Å². The number of aromatic amines is 1. The molecule has 3 aromatic rings. The second kappa shape index (κ2) is 7.63. The first-order chi connectivity index (χ1) is 13.7. The van der Waals surface area contributed by atoms with Crippen molar-refractivity contribution < 1.29 is 13.6 Å². The third-order valence-electron chi connectivity index (χ3n) is 4.37. The van der Waals surface area contributed by atoms with Crippen LogP contribution in [0.2, 0.25) is 0 Å². The first kappa shape index (κ1) is 19.9. The lowest BCUT2D eigenvalue weighted by molar-refractivity contribution is -0.122. The van der Waals surface area contributed by atoms with Crippen LogP contribution in [0.1, 0.15) is 29.8 Å². The summed E-state index contributed by atoms with van der Waals surface area (Å²) in [6.45, 7) is 2.22. The van der Waals surface area contributed by atoms with Crippen LogP contribution >= 0.6 is 0 Å². The molecule has 3 rings (SSSR count). The van der Waals surface area contributed by atoms with E-state index < -0.39 is 41.4 Å². The monoisotopic (exact) mass is 399 g/mol. The SMILES string of the molecule is Cc1ccc2[nH]c(=O)n(CC(=O)N[C@H](C)c3ncc(C#N)cc3F)c(=O)c2c1F. The lowest BCUT2D eigenvalue weighted by atomic mass is 10.1. The highest BCUT2D eigenvalue weighted by Gasteiger charge is 2.19. The predicted octanol–water partition coefficient (Wildman–Crippen LogP) is 1.42. The molecule has 2 aromatic heterocycles. The van der Waals surface area contributed by atoms with Gasteiger partial charge in [0, 0.05) is 6.20 Å². The minimum absolute atomic E-state index is 0.0244. The maximum Gasteiger partial charge on any atom is 0.329 e. The van der Waals surface area contributed by atoms with E-state index in [0.29, 0.717) is 4.57 Å². The normalized spacial score (nSPS) is 11.8. The molecule has 29 heavy (non-hydrogen) atoms. The number of amides is 1. The van der Waals surface area contributed by atoms with Gasteiger partial charge in [0.05, 0.1) is 28.2 Å². The van der Waals surface area contributed by atoms with E-state index in [9.17, 15) is 23.2 Å². The first-order valence-corrected chi connectivity index (χ1v) is 8.49. The van der Waals surface area contributed by atoms with Crippen molar-refractivity contribution in [3.63, 3.8) is 0 Å². The molecular weight excluding hydrogens is 384 g/mol. The van der Waals surface area contributed by atoms with Gasteiger partial charge in [-0.25, -0.2) is 13.6 Å². The van der Waals surface area contributed by atoms with Crippen LogP contribution in [0.5, 0.6) is 0 Å². The summed E-state index contributed by atoms with van der Waals surface area (Å²) in [5.74, 6) is -2.34. The first-order valence-electron chi connectivity index (χ1n) is 8.49. The van der Waals surface area contributed by atoms with E-state index in [-0.39, 0.29) is 27.7 Å². The van der Waals surface area contributed by atoms with Crippen LogP contribution in [0, 0.1) is 29.9 Å². The van der Waals surface area contributed by atoms with Crippen LogP contribution < -0.4 is 16.6 Å². The fourth-order valence-electron chi connectivity index (χ4n) is 2.87. The molecule has 1 atom stereocenters. The molecule has 0 aliphatic carbocycles. The number of hydrogen-bond acceptors (Lipinski definition) is 5. The average molecular weight is 399 g/mol. The molecule has 0 unspecified atom stereocenters. The van der Waals surface area contributed by atoms with Crippen molar-refractivity contribution in [2.24, 2.45) is 0 Å². The van der Waals surface area contributed by atoms with Gasteiger partial charge in [0.2, 0.25) is 5.91 Å². The summed E-state index contributed by atoms with van der Waals surface area (Å²) < 4.78 is 28.9. The fourth-order valence-corrected chi connectivity index (χ4v) is 2.87. The van der Waals surface area contributed by atoms with Gasteiger partial charge in [0.1, 0.15) is 24.2 Å². The van der Waals surface area contributed by atoms with Crippen molar-refractivity contribution in [2.45, 2.75) is 26.4 Å². The molecule has 2 heterocycles. The zero-order valence-corrected chi connectivity index (χ0v) is 15.4. The molecule has 0 saturated heterocycles. The average Bonchev–Trinajstić information content (AvgIpc) is 2.67. The highest BCUT2D eigenvalue weighted by molar-refractivity contribution is 5.80. The van der Waals surface area contributed by atoms with Gasteiger partial charge in [0.25, 0.3) is 5.56 Å². The highest BCUT2D eigenvalue weighted by Crippen LogP contribution is 2.16. The number of carbonyl (C=O) groups excluding carboxylic acids is 1. The molecule has 8 nitrogen and oxygen atoms in total. The third-order valence-corrected chi connectivity index (χ3v) is 4.37. The summed E-state index contributed by atoms with van der Waals surface area (Å²) >= 11 is 0. The van der Waals surface area contributed by atoms with E-state index >= 15 is 0 Å². The van der Waals surface area contributed by atoms with Crippen LogP contribution in [0.25, 0.3) is 10.9 Å². The Morgan fingerprint density at radius 1 is 1.38 bits per heavy atom. The summed E-state index contributed by atoms with van der Waals surface area (Å²) in [5.41, 5.74) is -1.67. The van der Waals surface area contributed by atoms with Gasteiger partial charge in [-0.1, -0.05) is 6.07 Å². The minimum Gasteiger partial charge on any atom is -0.346 e. The Hall–Kier alpha value is -3.87. The van der Waals surface area contributed by atoms with E-state index in [0.717, 1.165) is 12.3 Å². The standard InChI is InChI=1S/C19H15F2N5O3/c1-9-3-4-13-15(16(9)21)18(28)26(19(29)25-13)8-14(27)24-10(2)17-12(20)5-11(6-22)7-23-17/h3-5,7,10H,8H2,1-2H3,(H,24,27)(H,25,29)/t10-/m1/s1. The number of carbonyl (C=O) groups is 1. The molecule has 10 heteroatoms. The molecule has 0 aliphatic rings. The van der Waals surface area contributed by atoms with Crippen LogP contribution in [0.4, 0.5) is 8.78 Å². The quantitative estimate of drug-likeness (QED) is 0.687. The largest absolute Gasteiger partial charge is 0.346 e. The number of H-pyrrole nitrogens is 1. The number of nitriles is 1. The summed E-state index contributed by atoms with van der Waals surface area (Å²) in [5, 5.41) is 10.8. The van der Waals surface area contributed by atoms with Gasteiger partial charge >= 0.3 is 5.69 Å². The van der Waals surface area contributed by atoms with Crippen LogP contribution in [0.3, 0.4) is 0 Å². The fraction of sp³-hybridized carbons (Fsp3) is 0.211. The Kier molecular flexibility index (Phi) is 5.23. The lowest BCUT2D eigenvalue weighted by Gasteiger charge is -2.15. The third kappa shape index (κ3) is 3.75. The molecule has 0 fully saturated rings. The number of aryl methyl sites for hydroxylation is 1. The van der Waals surface area contributed by atoms with Gasteiger partial charge in [-0.2, -0.15) is 5.26 Å². The van der Waals surface area contributed by atoms with E-state index in [1.807, 2.05) is 0 Å². The molecule has 2 N–H and O–H groups in total. The van der Waals surface area contributed by atoms with Crippen molar-refractivity contribution in [2.75, 3.05) is 0 Å². The van der Waals surface area contributed by atoms with Gasteiger partial charge in [0.15, 0.2) is 0 Å². The second-order valence-corrected chi connectivity index (χ2v) is 6.43. The van der Waals surface area contributed by atoms with E-state index in [4.69, 9.17) is 5.26 Å². The smallest absolute Gasteiger partial charge is 0.329 e. The second-order valence-electron chi connectivity index (χ2n) is 6.43. The van der Waals surface area contributed by atoms with E-state index in [2.05, 4.69) is 15.3 Å². The number of benzene rings is 1. The number of nitrogens with one attached hydrogen (secondary N) is 2. The number of rotatable bonds is 4. The zero-order valence-electron chi connectivity index (χ0n) is 15.4. The number of halogens is 2. The van der Waals surface area contributed by atoms with Crippen LogP contribution in [0.15, 0.2) is 34.0 Å². The molecule has 0 bridgehead atoms. The highest BCUT2D eigenvalue weighted by atomic mass is 19.1. The molecular formula is C19H15F2N5O3. The maximum absolute atomic E-state index is 14.3. The van der Waals surface area contributed by atoms with Crippen molar-refractivity contribution in [3.05, 3.63) is 73.7 Å². The van der Waals surface area contributed by atoms with Crippen molar-refractivity contribution >= 4 is 16.8 Å². The lowest BCUT2D eigenvalue weighted by Crippen LogP contribution is -2.41. The Morgan fingerprint density at radius 2 is 2.10 bits per heavy atom. The Balaban J connectivity index is 1.89.